The van der Waals surface area contributed by atoms with Gasteiger partial charge in [-0.05, 0) is 36.8 Å². The predicted octanol–water partition coefficient (Wildman–Crippen LogP) is 3.69. The van der Waals surface area contributed by atoms with Gasteiger partial charge in [-0.15, -0.1) is 0 Å². The van der Waals surface area contributed by atoms with E-state index in [1.165, 1.54) is 0 Å². The third kappa shape index (κ3) is 3.90. The lowest BCUT2D eigenvalue weighted by atomic mass is 10.1. The van der Waals surface area contributed by atoms with E-state index in [1.807, 2.05) is 55.5 Å². The van der Waals surface area contributed by atoms with E-state index in [4.69, 9.17) is 4.74 Å². The molecular weight excluding hydrogens is 396 g/mol. The van der Waals surface area contributed by atoms with Crippen LogP contribution in [-0.4, -0.2) is 25.5 Å². The fraction of sp³-hybridized carbons (Fsp3) is 0.300. The molecule has 0 spiro atoms. The number of carbonyl (C=O) groups excluding carboxylic acids is 2. The number of nitrogens with zero attached hydrogens (tertiary/aromatic N) is 1. The summed E-state index contributed by atoms with van der Waals surface area (Å²) in [6.07, 6.45) is 0.205. The van der Waals surface area contributed by atoms with Crippen molar-refractivity contribution in [3.63, 3.8) is 0 Å². The molecule has 1 heterocycles. The molecule has 1 fully saturated rings. The molecule has 0 saturated carbocycles. The van der Waals surface area contributed by atoms with E-state index < -0.39 is 0 Å². The van der Waals surface area contributed by atoms with Crippen LogP contribution in [0.2, 0.25) is 0 Å². The average molecular weight is 417 g/mol. The summed E-state index contributed by atoms with van der Waals surface area (Å²) in [6.45, 7) is 2.30. The lowest BCUT2D eigenvalue weighted by molar-refractivity contribution is -0.126. The first-order valence-electron chi connectivity index (χ1n) is 8.49. The highest BCUT2D eigenvalue weighted by atomic mass is 79.9. The summed E-state index contributed by atoms with van der Waals surface area (Å²) in [4.78, 5) is 26.7. The first kappa shape index (κ1) is 18.5. The quantitative estimate of drug-likeness (QED) is 0.808. The second kappa shape index (κ2) is 7.91. The number of carbonyl (C=O) groups is 2. The summed E-state index contributed by atoms with van der Waals surface area (Å²) >= 11 is 3.41. The van der Waals surface area contributed by atoms with Crippen LogP contribution < -0.4 is 15.0 Å². The number of benzene rings is 2. The summed E-state index contributed by atoms with van der Waals surface area (Å²) in [6, 6.07) is 15.1. The van der Waals surface area contributed by atoms with Gasteiger partial charge in [0.2, 0.25) is 11.8 Å². The zero-order chi connectivity index (χ0) is 18.7. The highest BCUT2D eigenvalue weighted by molar-refractivity contribution is 9.10. The van der Waals surface area contributed by atoms with E-state index in [1.54, 1.807) is 12.0 Å². The maximum absolute atomic E-state index is 12.6. The van der Waals surface area contributed by atoms with Gasteiger partial charge in [0.1, 0.15) is 5.75 Å². The van der Waals surface area contributed by atoms with Crippen LogP contribution in [0, 0.1) is 5.92 Å². The summed E-state index contributed by atoms with van der Waals surface area (Å²) in [5.74, 6) is 0.0903. The summed E-state index contributed by atoms with van der Waals surface area (Å²) < 4.78 is 6.33. The largest absolute Gasteiger partial charge is 0.495 e. The second-order valence-corrected chi connectivity index (χ2v) is 7.27. The van der Waals surface area contributed by atoms with Crippen LogP contribution >= 0.6 is 15.9 Å². The Labute approximate surface area is 161 Å². The summed E-state index contributed by atoms with van der Waals surface area (Å²) in [5, 5.41) is 3.01. The van der Waals surface area contributed by atoms with Gasteiger partial charge in [-0.3, -0.25) is 9.59 Å². The Balaban J connectivity index is 1.68. The van der Waals surface area contributed by atoms with Gasteiger partial charge in [0.25, 0.3) is 0 Å². The zero-order valence-corrected chi connectivity index (χ0v) is 16.3. The Morgan fingerprint density at radius 1 is 1.23 bits per heavy atom. The van der Waals surface area contributed by atoms with Crippen LogP contribution in [0.5, 0.6) is 5.75 Å². The highest BCUT2D eigenvalue weighted by Crippen LogP contribution is 2.33. The number of hydrogen-bond acceptors (Lipinski definition) is 3. The fourth-order valence-corrected chi connectivity index (χ4v) is 3.40. The van der Waals surface area contributed by atoms with Crippen molar-refractivity contribution >= 4 is 33.4 Å². The lowest BCUT2D eigenvalue weighted by Crippen LogP contribution is -2.34. The molecule has 1 aliphatic heterocycles. The molecular formula is C20H21BrN2O3. The van der Waals surface area contributed by atoms with Gasteiger partial charge in [-0.25, -0.2) is 0 Å². The van der Waals surface area contributed by atoms with Gasteiger partial charge in [-0.1, -0.05) is 40.2 Å². The number of rotatable bonds is 5. The summed E-state index contributed by atoms with van der Waals surface area (Å²) in [5.41, 5.74) is 1.73. The SMILES string of the molecule is COc1ccccc1N1CC(C(=O)NC(C)c2ccc(Br)cc2)CC1=O. The molecule has 0 bridgehead atoms. The van der Waals surface area contributed by atoms with E-state index in [0.29, 0.717) is 18.0 Å². The average Bonchev–Trinajstić information content (AvgIpc) is 3.04. The fourth-order valence-electron chi connectivity index (χ4n) is 3.13. The van der Waals surface area contributed by atoms with Crippen LogP contribution in [0.1, 0.15) is 24.9 Å². The number of hydrogen-bond donors (Lipinski definition) is 1. The number of ether oxygens (including phenoxy) is 1. The highest BCUT2D eigenvalue weighted by Gasteiger charge is 2.36. The maximum Gasteiger partial charge on any atom is 0.227 e. The van der Waals surface area contributed by atoms with E-state index >= 15 is 0 Å². The Morgan fingerprint density at radius 3 is 2.62 bits per heavy atom. The minimum atomic E-state index is -0.370. The molecule has 1 saturated heterocycles. The maximum atomic E-state index is 12.6. The zero-order valence-electron chi connectivity index (χ0n) is 14.7. The molecule has 0 radical (unpaired) electrons. The molecule has 26 heavy (non-hydrogen) atoms. The van der Waals surface area contributed by atoms with Gasteiger partial charge in [0, 0.05) is 17.4 Å². The minimum absolute atomic E-state index is 0.0639. The van der Waals surface area contributed by atoms with Crippen molar-refractivity contribution in [2.45, 2.75) is 19.4 Å². The molecule has 136 valence electrons. The molecule has 0 aliphatic carbocycles. The van der Waals surface area contributed by atoms with Gasteiger partial charge >= 0.3 is 0 Å². The van der Waals surface area contributed by atoms with Crippen LogP contribution in [0.25, 0.3) is 0 Å². The van der Waals surface area contributed by atoms with Crippen molar-refractivity contribution in [3.05, 3.63) is 58.6 Å². The topological polar surface area (TPSA) is 58.6 Å². The Kier molecular flexibility index (Phi) is 5.61. The number of anilines is 1. The molecule has 1 N–H and O–H groups in total. The molecule has 1 aliphatic rings. The number of nitrogens with one attached hydrogen (secondary N) is 1. The standard InChI is InChI=1S/C20H21BrN2O3/c1-13(14-7-9-16(21)10-8-14)22-20(25)15-11-19(24)23(12-15)17-5-3-4-6-18(17)26-2/h3-10,13,15H,11-12H2,1-2H3,(H,22,25). The predicted molar refractivity (Wildman–Crippen MR) is 104 cm³/mol. The van der Waals surface area contributed by atoms with Crippen LogP contribution in [0.4, 0.5) is 5.69 Å². The van der Waals surface area contributed by atoms with Crippen LogP contribution in [-0.2, 0) is 9.59 Å². The van der Waals surface area contributed by atoms with E-state index in [-0.39, 0.29) is 30.2 Å². The van der Waals surface area contributed by atoms with Crippen molar-refractivity contribution in [2.75, 3.05) is 18.6 Å². The number of methoxy groups -OCH3 is 1. The number of halogens is 1. The Morgan fingerprint density at radius 2 is 1.92 bits per heavy atom. The van der Waals surface area contributed by atoms with Crippen LogP contribution in [0.15, 0.2) is 53.0 Å². The molecule has 2 unspecified atom stereocenters. The van der Waals surface area contributed by atoms with E-state index in [2.05, 4.69) is 21.2 Å². The van der Waals surface area contributed by atoms with Crippen molar-refractivity contribution in [2.24, 2.45) is 5.92 Å². The van der Waals surface area contributed by atoms with Crippen molar-refractivity contribution in [1.82, 2.24) is 5.32 Å². The van der Waals surface area contributed by atoms with E-state index in [0.717, 1.165) is 10.0 Å². The smallest absolute Gasteiger partial charge is 0.227 e. The molecule has 0 aromatic heterocycles. The first-order valence-corrected chi connectivity index (χ1v) is 9.28. The normalized spacial score (nSPS) is 17.9. The minimum Gasteiger partial charge on any atom is -0.495 e. The second-order valence-electron chi connectivity index (χ2n) is 6.36. The van der Waals surface area contributed by atoms with E-state index in [9.17, 15) is 9.59 Å². The van der Waals surface area contributed by atoms with Gasteiger partial charge in [0.15, 0.2) is 0 Å². The van der Waals surface area contributed by atoms with Crippen molar-refractivity contribution < 1.29 is 14.3 Å². The monoisotopic (exact) mass is 416 g/mol. The van der Waals surface area contributed by atoms with Gasteiger partial charge in [-0.2, -0.15) is 0 Å². The number of amides is 2. The first-order chi connectivity index (χ1) is 12.5. The van der Waals surface area contributed by atoms with Gasteiger partial charge in [0.05, 0.1) is 24.8 Å². The third-order valence-corrected chi connectivity index (χ3v) is 5.13. The van der Waals surface area contributed by atoms with Crippen LogP contribution in [0.3, 0.4) is 0 Å². The Hall–Kier alpha value is -2.34. The molecule has 6 heteroatoms. The van der Waals surface area contributed by atoms with Crippen molar-refractivity contribution in [3.8, 4) is 5.75 Å². The molecule has 3 rings (SSSR count). The molecule has 2 amide bonds. The molecule has 5 nitrogen and oxygen atoms in total. The van der Waals surface area contributed by atoms with Crippen molar-refractivity contribution in [1.29, 1.82) is 0 Å². The van der Waals surface area contributed by atoms with Gasteiger partial charge < -0.3 is 15.0 Å². The molecule has 2 aromatic carbocycles. The Bertz CT molecular complexity index is 807. The lowest BCUT2D eigenvalue weighted by Gasteiger charge is -2.20. The third-order valence-electron chi connectivity index (χ3n) is 4.60. The summed E-state index contributed by atoms with van der Waals surface area (Å²) in [7, 11) is 1.57. The molecule has 2 aromatic rings. The number of para-hydroxylation sites is 2. The molecule has 2 atom stereocenters.